The van der Waals surface area contributed by atoms with Crippen molar-refractivity contribution < 1.29 is 14.7 Å². The molecule has 25 heavy (non-hydrogen) atoms. The Labute approximate surface area is 150 Å². The first kappa shape index (κ1) is 19.2. The van der Waals surface area contributed by atoms with Crippen LogP contribution in [0.25, 0.3) is 5.76 Å². The lowest BCUT2D eigenvalue weighted by Crippen LogP contribution is -2.23. The van der Waals surface area contributed by atoms with Crippen molar-refractivity contribution in [1.29, 1.82) is 0 Å². The second kappa shape index (κ2) is 9.97. The van der Waals surface area contributed by atoms with Gasteiger partial charge in [0.15, 0.2) is 0 Å². The standard InChI is InChI=1S/C22H28O3/c1-2-3-4-5-6-7-8-9-10-11-16-19-20(23)17-14-12-13-15-18(17)21(24)22(19)25/h11-16,23H,2-10H2,1H3. The number of benzene rings is 1. The lowest BCUT2D eigenvalue weighted by molar-refractivity contribution is -0.111. The summed E-state index contributed by atoms with van der Waals surface area (Å²) >= 11 is 0. The summed E-state index contributed by atoms with van der Waals surface area (Å²) in [4.78, 5) is 24.3. The van der Waals surface area contributed by atoms with Crippen LogP contribution in [0.3, 0.4) is 0 Å². The fourth-order valence-corrected chi connectivity index (χ4v) is 3.14. The Morgan fingerprint density at radius 3 is 2.12 bits per heavy atom. The van der Waals surface area contributed by atoms with Crippen molar-refractivity contribution >= 4 is 17.3 Å². The average Bonchev–Trinajstić information content (AvgIpc) is 2.64. The largest absolute Gasteiger partial charge is 0.507 e. The molecule has 2 rings (SSSR count). The summed E-state index contributed by atoms with van der Waals surface area (Å²) in [5.74, 6) is -1.25. The quantitative estimate of drug-likeness (QED) is 0.432. The molecule has 0 aliphatic heterocycles. The summed E-state index contributed by atoms with van der Waals surface area (Å²) in [6.07, 6.45) is 14.4. The van der Waals surface area contributed by atoms with E-state index in [0.29, 0.717) is 5.56 Å². The van der Waals surface area contributed by atoms with E-state index < -0.39 is 11.6 Å². The van der Waals surface area contributed by atoms with Crippen LogP contribution < -0.4 is 0 Å². The van der Waals surface area contributed by atoms with Gasteiger partial charge in [-0.3, -0.25) is 9.59 Å². The van der Waals surface area contributed by atoms with Gasteiger partial charge in [-0.15, -0.1) is 0 Å². The van der Waals surface area contributed by atoms with E-state index in [4.69, 9.17) is 0 Å². The Morgan fingerprint density at radius 1 is 0.840 bits per heavy atom. The topological polar surface area (TPSA) is 54.4 Å². The van der Waals surface area contributed by atoms with E-state index in [-0.39, 0.29) is 16.9 Å². The molecule has 0 saturated carbocycles. The number of Topliss-reactive ketones (excluding diaryl/α,β-unsaturated/α-hetero) is 2. The van der Waals surface area contributed by atoms with Gasteiger partial charge < -0.3 is 5.11 Å². The maximum Gasteiger partial charge on any atom is 0.237 e. The summed E-state index contributed by atoms with van der Waals surface area (Å²) in [6.45, 7) is 2.22. The number of rotatable bonds is 10. The normalized spacial score (nSPS) is 14.4. The first-order chi connectivity index (χ1) is 12.2. The molecule has 0 spiro atoms. The Kier molecular flexibility index (Phi) is 7.65. The van der Waals surface area contributed by atoms with E-state index in [9.17, 15) is 14.7 Å². The van der Waals surface area contributed by atoms with Gasteiger partial charge in [-0.1, -0.05) is 88.3 Å². The first-order valence-electron chi connectivity index (χ1n) is 9.45. The van der Waals surface area contributed by atoms with Gasteiger partial charge in [0.2, 0.25) is 11.6 Å². The van der Waals surface area contributed by atoms with Gasteiger partial charge >= 0.3 is 0 Å². The van der Waals surface area contributed by atoms with Gasteiger partial charge in [0.05, 0.1) is 5.57 Å². The minimum absolute atomic E-state index is 0.0904. The van der Waals surface area contributed by atoms with Crippen LogP contribution in [0.1, 0.15) is 80.6 Å². The molecule has 1 aromatic rings. The fourth-order valence-electron chi connectivity index (χ4n) is 3.14. The maximum absolute atomic E-state index is 12.2. The Bertz CT molecular complexity index is 668. The molecule has 0 saturated heterocycles. The number of allylic oxidation sites excluding steroid dienone is 3. The van der Waals surface area contributed by atoms with Gasteiger partial charge in [0.1, 0.15) is 5.76 Å². The van der Waals surface area contributed by atoms with E-state index >= 15 is 0 Å². The SMILES string of the molecule is CCCCCCCCCCC=CC1=C(O)c2ccccc2C(=O)C1=O. The second-order valence-electron chi connectivity index (χ2n) is 6.63. The zero-order valence-corrected chi connectivity index (χ0v) is 15.1. The number of carbonyl (C=O) groups excluding carboxylic acids is 2. The van der Waals surface area contributed by atoms with E-state index in [1.807, 2.05) is 6.08 Å². The molecule has 0 unspecified atom stereocenters. The third-order valence-electron chi connectivity index (χ3n) is 4.64. The third kappa shape index (κ3) is 5.15. The predicted molar refractivity (Wildman–Crippen MR) is 102 cm³/mol. The van der Waals surface area contributed by atoms with E-state index in [1.165, 1.54) is 44.9 Å². The monoisotopic (exact) mass is 340 g/mol. The zero-order chi connectivity index (χ0) is 18.1. The average molecular weight is 340 g/mol. The van der Waals surface area contributed by atoms with Crippen LogP contribution >= 0.6 is 0 Å². The Hall–Kier alpha value is -2.16. The van der Waals surface area contributed by atoms with Crippen molar-refractivity contribution in [2.24, 2.45) is 0 Å². The molecular formula is C22H28O3. The van der Waals surface area contributed by atoms with Crippen LogP contribution in [0.15, 0.2) is 42.0 Å². The molecule has 0 radical (unpaired) electrons. The molecule has 1 N–H and O–H groups in total. The lowest BCUT2D eigenvalue weighted by Gasteiger charge is -2.15. The minimum Gasteiger partial charge on any atom is -0.507 e. The van der Waals surface area contributed by atoms with Gasteiger partial charge in [-0.25, -0.2) is 0 Å². The summed E-state index contributed by atoms with van der Waals surface area (Å²) in [5, 5.41) is 10.3. The molecule has 0 aromatic heterocycles. The van der Waals surface area contributed by atoms with Crippen molar-refractivity contribution in [2.75, 3.05) is 0 Å². The summed E-state index contributed by atoms with van der Waals surface area (Å²) in [6, 6.07) is 6.69. The summed E-state index contributed by atoms with van der Waals surface area (Å²) in [5.41, 5.74) is 0.840. The highest BCUT2D eigenvalue weighted by Gasteiger charge is 2.30. The van der Waals surface area contributed by atoms with Gasteiger partial charge in [0, 0.05) is 11.1 Å². The van der Waals surface area contributed by atoms with Crippen LogP contribution in [-0.2, 0) is 4.79 Å². The van der Waals surface area contributed by atoms with Crippen LogP contribution in [0.2, 0.25) is 0 Å². The molecule has 0 heterocycles. The number of hydrogen-bond donors (Lipinski definition) is 1. The number of aliphatic hydroxyl groups is 1. The number of carbonyl (C=O) groups is 2. The molecule has 1 aliphatic rings. The van der Waals surface area contributed by atoms with Crippen molar-refractivity contribution in [1.82, 2.24) is 0 Å². The number of ketones is 2. The molecule has 1 aromatic carbocycles. The molecule has 0 bridgehead atoms. The van der Waals surface area contributed by atoms with Gasteiger partial charge in [-0.2, -0.15) is 0 Å². The van der Waals surface area contributed by atoms with E-state index in [1.54, 1.807) is 30.3 Å². The summed E-state index contributed by atoms with van der Waals surface area (Å²) in [7, 11) is 0. The third-order valence-corrected chi connectivity index (χ3v) is 4.64. The molecule has 0 amide bonds. The molecule has 3 heteroatoms. The van der Waals surface area contributed by atoms with Crippen molar-refractivity contribution in [3.63, 3.8) is 0 Å². The predicted octanol–water partition coefficient (Wildman–Crippen LogP) is 5.81. The van der Waals surface area contributed by atoms with Crippen molar-refractivity contribution in [2.45, 2.75) is 64.7 Å². The minimum atomic E-state index is -0.622. The zero-order valence-electron chi connectivity index (χ0n) is 15.1. The van der Waals surface area contributed by atoms with Crippen LogP contribution in [-0.4, -0.2) is 16.7 Å². The lowest BCUT2D eigenvalue weighted by atomic mass is 9.88. The highest BCUT2D eigenvalue weighted by molar-refractivity contribution is 6.52. The number of unbranched alkanes of at least 4 members (excludes halogenated alkanes) is 8. The van der Waals surface area contributed by atoms with Crippen LogP contribution in [0.5, 0.6) is 0 Å². The highest BCUT2D eigenvalue weighted by atomic mass is 16.3. The van der Waals surface area contributed by atoms with Gasteiger partial charge in [-0.05, 0) is 12.8 Å². The summed E-state index contributed by atoms with van der Waals surface area (Å²) < 4.78 is 0. The van der Waals surface area contributed by atoms with E-state index in [0.717, 1.165) is 12.8 Å². The molecule has 0 fully saturated rings. The van der Waals surface area contributed by atoms with Crippen LogP contribution in [0, 0.1) is 0 Å². The smallest absolute Gasteiger partial charge is 0.237 e. The van der Waals surface area contributed by atoms with Crippen LogP contribution in [0.4, 0.5) is 0 Å². The Balaban J connectivity index is 1.82. The molecule has 134 valence electrons. The van der Waals surface area contributed by atoms with E-state index in [2.05, 4.69) is 6.92 Å². The maximum atomic E-state index is 12.2. The fraction of sp³-hybridized carbons (Fsp3) is 0.455. The molecule has 0 atom stereocenters. The molecule has 3 nitrogen and oxygen atoms in total. The van der Waals surface area contributed by atoms with Crippen molar-refractivity contribution in [3.8, 4) is 0 Å². The molecular weight excluding hydrogens is 312 g/mol. The highest BCUT2D eigenvalue weighted by Crippen LogP contribution is 2.28. The Morgan fingerprint density at radius 2 is 1.44 bits per heavy atom. The number of aliphatic hydroxyl groups excluding tert-OH is 1. The number of fused-ring (bicyclic) bond motifs is 1. The second-order valence-corrected chi connectivity index (χ2v) is 6.63. The molecule has 1 aliphatic carbocycles. The number of hydrogen-bond acceptors (Lipinski definition) is 3. The first-order valence-corrected chi connectivity index (χ1v) is 9.45. The van der Waals surface area contributed by atoms with Crippen molar-refractivity contribution in [3.05, 3.63) is 53.1 Å². The van der Waals surface area contributed by atoms with Gasteiger partial charge in [0.25, 0.3) is 0 Å².